The first-order chi connectivity index (χ1) is 8.97. The summed E-state index contributed by atoms with van der Waals surface area (Å²) in [6.07, 6.45) is 3.20. The van der Waals surface area contributed by atoms with Crippen molar-refractivity contribution in [2.24, 2.45) is 0 Å². The average molecular weight is 321 g/mol. The summed E-state index contributed by atoms with van der Waals surface area (Å²) in [5.74, 6) is -0.635. The second-order valence-electron chi connectivity index (χ2n) is 4.40. The molecule has 1 aliphatic rings. The lowest BCUT2D eigenvalue weighted by Crippen LogP contribution is -2.14. The molecule has 19 heavy (non-hydrogen) atoms. The molecule has 1 saturated heterocycles. The first-order valence-electron chi connectivity index (χ1n) is 5.69. The van der Waals surface area contributed by atoms with Crippen molar-refractivity contribution in [1.82, 2.24) is 10.2 Å². The number of nitrogens with zero attached hydrogens (tertiary/aromatic N) is 1. The molecule has 1 aliphatic heterocycles. The van der Waals surface area contributed by atoms with Crippen molar-refractivity contribution in [1.29, 1.82) is 0 Å². The molecule has 1 amide bonds. The first kappa shape index (κ1) is 13.5. The van der Waals surface area contributed by atoms with E-state index in [1.54, 1.807) is 25.1 Å². The Hall–Kier alpha value is -1.88. The molecule has 1 aromatic carbocycles. The Morgan fingerprint density at radius 2 is 1.79 bits per heavy atom. The molecule has 5 heteroatoms. The number of carbonyl (C=O) groups excluding carboxylic acids is 2. The van der Waals surface area contributed by atoms with Crippen LogP contribution >= 0.6 is 15.9 Å². The van der Waals surface area contributed by atoms with E-state index in [9.17, 15) is 9.59 Å². The van der Waals surface area contributed by atoms with Crippen molar-refractivity contribution in [3.8, 4) is 0 Å². The smallest absolute Gasteiger partial charge is 0.261 e. The van der Waals surface area contributed by atoms with Gasteiger partial charge in [0, 0.05) is 24.8 Å². The molecule has 0 aromatic heterocycles. The number of allylic oxidation sites excluding steroid dienone is 1. The SMILES string of the molecule is CN(C)C=C1C(=O)NC(=Cc2ccc(Br)cc2)C1=O. The van der Waals surface area contributed by atoms with Crippen LogP contribution in [0.4, 0.5) is 0 Å². The lowest BCUT2D eigenvalue weighted by Gasteiger charge is -2.03. The molecule has 0 unspecified atom stereocenters. The van der Waals surface area contributed by atoms with Crippen molar-refractivity contribution < 1.29 is 9.59 Å². The molecule has 0 aliphatic carbocycles. The summed E-state index contributed by atoms with van der Waals surface area (Å²) in [5, 5.41) is 2.59. The summed E-state index contributed by atoms with van der Waals surface area (Å²) in [6.45, 7) is 0. The van der Waals surface area contributed by atoms with E-state index >= 15 is 0 Å². The van der Waals surface area contributed by atoms with Gasteiger partial charge in [0.15, 0.2) is 0 Å². The lowest BCUT2D eigenvalue weighted by molar-refractivity contribution is -0.117. The highest BCUT2D eigenvalue weighted by Crippen LogP contribution is 2.18. The summed E-state index contributed by atoms with van der Waals surface area (Å²) >= 11 is 3.34. The van der Waals surface area contributed by atoms with Crippen molar-refractivity contribution in [2.75, 3.05) is 14.1 Å². The summed E-state index contributed by atoms with van der Waals surface area (Å²) in [5.41, 5.74) is 1.33. The van der Waals surface area contributed by atoms with E-state index in [1.807, 2.05) is 24.3 Å². The zero-order chi connectivity index (χ0) is 14.0. The fraction of sp³-hybridized carbons (Fsp3) is 0.143. The van der Waals surface area contributed by atoms with Gasteiger partial charge in [-0.05, 0) is 23.8 Å². The highest BCUT2D eigenvalue weighted by atomic mass is 79.9. The maximum atomic E-state index is 12.1. The molecule has 1 aromatic rings. The third-order valence-corrected chi connectivity index (χ3v) is 3.08. The van der Waals surface area contributed by atoms with Gasteiger partial charge in [0.2, 0.25) is 5.78 Å². The Kier molecular flexibility index (Phi) is 3.85. The summed E-state index contributed by atoms with van der Waals surface area (Å²) in [6, 6.07) is 7.49. The third kappa shape index (κ3) is 3.12. The van der Waals surface area contributed by atoms with Gasteiger partial charge in [-0.1, -0.05) is 28.1 Å². The second kappa shape index (κ2) is 5.40. The van der Waals surface area contributed by atoms with Gasteiger partial charge in [-0.3, -0.25) is 9.59 Å². The van der Waals surface area contributed by atoms with Gasteiger partial charge in [0.05, 0.1) is 5.70 Å². The average Bonchev–Trinajstić information content (AvgIpc) is 2.60. The van der Waals surface area contributed by atoms with Crippen LogP contribution in [0.5, 0.6) is 0 Å². The van der Waals surface area contributed by atoms with Crippen LogP contribution in [0.15, 0.2) is 46.2 Å². The minimum absolute atomic E-state index is 0.161. The zero-order valence-corrected chi connectivity index (χ0v) is 12.2. The monoisotopic (exact) mass is 320 g/mol. The van der Waals surface area contributed by atoms with Gasteiger partial charge >= 0.3 is 0 Å². The number of amides is 1. The molecule has 2 rings (SSSR count). The van der Waals surface area contributed by atoms with E-state index in [-0.39, 0.29) is 17.3 Å². The summed E-state index contributed by atoms with van der Waals surface area (Å²) in [7, 11) is 3.54. The third-order valence-electron chi connectivity index (χ3n) is 2.55. The van der Waals surface area contributed by atoms with Crippen LogP contribution in [0.1, 0.15) is 5.56 Å². The van der Waals surface area contributed by atoms with E-state index in [4.69, 9.17) is 0 Å². The number of ketones is 1. The Balaban J connectivity index is 2.31. The van der Waals surface area contributed by atoms with Gasteiger partial charge in [-0.2, -0.15) is 0 Å². The van der Waals surface area contributed by atoms with Crippen molar-refractivity contribution in [3.63, 3.8) is 0 Å². The van der Waals surface area contributed by atoms with Crippen LogP contribution < -0.4 is 5.32 Å². The first-order valence-corrected chi connectivity index (χ1v) is 6.48. The number of Topliss-reactive ketones (excluding diaryl/α,β-unsaturated/α-hetero) is 1. The highest BCUT2D eigenvalue weighted by Gasteiger charge is 2.31. The van der Waals surface area contributed by atoms with Crippen molar-refractivity contribution in [3.05, 3.63) is 51.8 Å². The molecular weight excluding hydrogens is 308 g/mol. The molecule has 0 radical (unpaired) electrons. The molecule has 0 atom stereocenters. The molecule has 0 bridgehead atoms. The topological polar surface area (TPSA) is 49.4 Å². The molecule has 98 valence electrons. The minimum atomic E-state index is -0.359. The van der Waals surface area contributed by atoms with Crippen molar-refractivity contribution in [2.45, 2.75) is 0 Å². The van der Waals surface area contributed by atoms with Crippen LogP contribution in [0.3, 0.4) is 0 Å². The van der Waals surface area contributed by atoms with Gasteiger partial charge in [0.1, 0.15) is 5.57 Å². The van der Waals surface area contributed by atoms with E-state index in [1.165, 1.54) is 6.20 Å². The zero-order valence-electron chi connectivity index (χ0n) is 10.6. The van der Waals surface area contributed by atoms with E-state index in [2.05, 4.69) is 21.2 Å². The maximum Gasteiger partial charge on any atom is 0.261 e. The molecular formula is C14H13BrN2O2. The van der Waals surface area contributed by atoms with Crippen LogP contribution in [0.2, 0.25) is 0 Å². The van der Waals surface area contributed by atoms with Gasteiger partial charge in [-0.15, -0.1) is 0 Å². The maximum absolute atomic E-state index is 12.1. The largest absolute Gasteiger partial charge is 0.383 e. The number of hydrogen-bond acceptors (Lipinski definition) is 3. The number of nitrogens with one attached hydrogen (secondary N) is 1. The summed E-state index contributed by atoms with van der Waals surface area (Å²) < 4.78 is 0.963. The number of carbonyl (C=O) groups is 2. The van der Waals surface area contributed by atoms with Crippen LogP contribution in [-0.4, -0.2) is 30.7 Å². The van der Waals surface area contributed by atoms with E-state index < -0.39 is 0 Å². The normalized spacial score (nSPS) is 19.1. The molecule has 1 fully saturated rings. The van der Waals surface area contributed by atoms with E-state index in [0.29, 0.717) is 5.70 Å². The molecule has 1 N–H and O–H groups in total. The number of halogens is 1. The van der Waals surface area contributed by atoms with Gasteiger partial charge in [-0.25, -0.2) is 0 Å². The highest BCUT2D eigenvalue weighted by molar-refractivity contribution is 9.10. The molecule has 1 heterocycles. The quantitative estimate of drug-likeness (QED) is 0.669. The molecule has 0 spiro atoms. The Labute approximate surface area is 119 Å². The van der Waals surface area contributed by atoms with Crippen LogP contribution in [0.25, 0.3) is 6.08 Å². The number of hydrogen-bond donors (Lipinski definition) is 1. The summed E-state index contributed by atoms with van der Waals surface area (Å²) in [4.78, 5) is 25.4. The standard InChI is InChI=1S/C14H13BrN2O2/c1-17(2)8-11-13(18)12(16-14(11)19)7-9-3-5-10(15)6-4-9/h3-8H,1-2H3,(H,16,19). The van der Waals surface area contributed by atoms with Crippen LogP contribution in [0, 0.1) is 0 Å². The minimum Gasteiger partial charge on any atom is -0.383 e. The number of rotatable bonds is 2. The Morgan fingerprint density at radius 3 is 2.37 bits per heavy atom. The predicted molar refractivity (Wildman–Crippen MR) is 77.0 cm³/mol. The second-order valence-corrected chi connectivity index (χ2v) is 5.31. The Morgan fingerprint density at radius 1 is 1.16 bits per heavy atom. The Bertz CT molecular complexity index is 586. The molecule has 4 nitrogen and oxygen atoms in total. The van der Waals surface area contributed by atoms with Crippen molar-refractivity contribution >= 4 is 33.7 Å². The fourth-order valence-electron chi connectivity index (χ4n) is 1.70. The van der Waals surface area contributed by atoms with Crippen LogP contribution in [-0.2, 0) is 9.59 Å². The predicted octanol–water partition coefficient (Wildman–Crippen LogP) is 1.93. The number of benzene rings is 1. The molecule has 0 saturated carbocycles. The van der Waals surface area contributed by atoms with Gasteiger partial charge < -0.3 is 10.2 Å². The van der Waals surface area contributed by atoms with Gasteiger partial charge in [0.25, 0.3) is 5.91 Å². The van der Waals surface area contributed by atoms with E-state index in [0.717, 1.165) is 10.0 Å². The fourth-order valence-corrected chi connectivity index (χ4v) is 1.96. The lowest BCUT2D eigenvalue weighted by atomic mass is 10.1.